The first kappa shape index (κ1) is 14.6. The fraction of sp³-hybridized carbons (Fsp3) is 0.929. The normalized spacial score (nSPS) is 26.1. The van der Waals surface area contributed by atoms with Gasteiger partial charge in [0.1, 0.15) is 5.60 Å². The first-order chi connectivity index (χ1) is 8.85. The van der Waals surface area contributed by atoms with Gasteiger partial charge in [-0.15, -0.1) is 0 Å². The molecule has 1 saturated carbocycles. The third-order valence-corrected chi connectivity index (χ3v) is 3.87. The summed E-state index contributed by atoms with van der Waals surface area (Å²) >= 11 is 0. The first-order valence-electron chi connectivity index (χ1n) is 7.11. The highest BCUT2D eigenvalue weighted by Gasteiger charge is 2.45. The molecule has 5 nitrogen and oxygen atoms in total. The zero-order chi connectivity index (χ0) is 14.1. The predicted molar refractivity (Wildman–Crippen MR) is 73.2 cm³/mol. The number of amides is 1. The summed E-state index contributed by atoms with van der Waals surface area (Å²) < 4.78 is 11.0. The third-order valence-electron chi connectivity index (χ3n) is 3.87. The van der Waals surface area contributed by atoms with E-state index in [-0.39, 0.29) is 17.7 Å². The van der Waals surface area contributed by atoms with Crippen molar-refractivity contribution in [1.29, 1.82) is 0 Å². The number of morpholine rings is 1. The maximum atomic E-state index is 12.2. The van der Waals surface area contributed by atoms with Gasteiger partial charge in [0.25, 0.3) is 0 Å². The molecule has 1 unspecified atom stereocenters. The first-order valence-corrected chi connectivity index (χ1v) is 7.11. The van der Waals surface area contributed by atoms with Gasteiger partial charge in [-0.25, -0.2) is 4.79 Å². The van der Waals surface area contributed by atoms with Crippen LogP contribution in [0.25, 0.3) is 0 Å². The lowest BCUT2D eigenvalue weighted by atomic mass is 10.0. The predicted octanol–water partition coefficient (Wildman–Crippen LogP) is 1.76. The van der Waals surface area contributed by atoms with Crippen LogP contribution in [-0.2, 0) is 9.47 Å². The number of ether oxygens (including phenoxy) is 2. The van der Waals surface area contributed by atoms with E-state index in [4.69, 9.17) is 9.47 Å². The molecule has 0 aromatic carbocycles. The number of nitrogens with zero attached hydrogens (tertiary/aromatic N) is 1. The molecule has 1 aliphatic heterocycles. The summed E-state index contributed by atoms with van der Waals surface area (Å²) in [6, 6.07) is 0.124. The average molecular weight is 270 g/mol. The Morgan fingerprint density at radius 2 is 2.16 bits per heavy atom. The van der Waals surface area contributed by atoms with E-state index in [0.29, 0.717) is 19.8 Å². The van der Waals surface area contributed by atoms with E-state index in [9.17, 15) is 4.79 Å². The molecule has 2 aliphatic rings. The minimum Gasteiger partial charge on any atom is -0.444 e. The molecule has 1 N–H and O–H groups in total. The van der Waals surface area contributed by atoms with Gasteiger partial charge in [-0.1, -0.05) is 0 Å². The second kappa shape index (κ2) is 5.29. The number of rotatable bonds is 3. The monoisotopic (exact) mass is 270 g/mol. The van der Waals surface area contributed by atoms with E-state index < -0.39 is 5.60 Å². The van der Waals surface area contributed by atoms with Crippen molar-refractivity contribution in [3.8, 4) is 0 Å². The summed E-state index contributed by atoms with van der Waals surface area (Å²) in [7, 11) is 1.99. The molecule has 1 aliphatic carbocycles. The van der Waals surface area contributed by atoms with Crippen LogP contribution in [0.1, 0.15) is 40.0 Å². The van der Waals surface area contributed by atoms with Gasteiger partial charge in [0, 0.05) is 12.1 Å². The van der Waals surface area contributed by atoms with Crippen molar-refractivity contribution in [3.63, 3.8) is 0 Å². The van der Waals surface area contributed by atoms with Crippen LogP contribution in [-0.4, -0.2) is 55.0 Å². The van der Waals surface area contributed by atoms with Gasteiger partial charge < -0.3 is 19.7 Å². The lowest BCUT2D eigenvalue weighted by molar-refractivity contribution is -0.0365. The number of nitrogens with one attached hydrogen (secondary N) is 1. The minimum atomic E-state index is -0.444. The second-order valence-corrected chi connectivity index (χ2v) is 6.64. The largest absolute Gasteiger partial charge is 0.444 e. The number of carbonyl (C=O) groups is 1. The highest BCUT2D eigenvalue weighted by atomic mass is 16.6. The molecule has 110 valence electrons. The van der Waals surface area contributed by atoms with Crippen LogP contribution < -0.4 is 5.32 Å². The Bertz CT molecular complexity index is 334. The van der Waals surface area contributed by atoms with Crippen LogP contribution >= 0.6 is 0 Å². The molecule has 2 rings (SSSR count). The molecule has 1 atom stereocenters. The topological polar surface area (TPSA) is 50.8 Å². The lowest BCUT2D eigenvalue weighted by Gasteiger charge is -2.38. The molecule has 5 heteroatoms. The minimum absolute atomic E-state index is 0.124. The quantitative estimate of drug-likeness (QED) is 0.849. The molecular weight excluding hydrogens is 244 g/mol. The molecule has 1 heterocycles. The van der Waals surface area contributed by atoms with Crippen molar-refractivity contribution in [2.24, 2.45) is 0 Å². The Hall–Kier alpha value is -0.810. The SMILES string of the molecule is CNC1(CC2COCCN2C(=O)OC(C)(C)C)CC1. The van der Waals surface area contributed by atoms with Crippen LogP contribution in [0.3, 0.4) is 0 Å². The summed E-state index contributed by atoms with van der Waals surface area (Å²) in [5.41, 5.74) is -0.230. The van der Waals surface area contributed by atoms with Crippen molar-refractivity contribution in [2.45, 2.75) is 57.2 Å². The molecule has 0 bridgehead atoms. The van der Waals surface area contributed by atoms with Gasteiger partial charge >= 0.3 is 6.09 Å². The molecular formula is C14H26N2O3. The van der Waals surface area contributed by atoms with Crippen molar-refractivity contribution in [2.75, 3.05) is 26.8 Å². The standard InChI is InChI=1S/C14H26N2O3/c1-13(2,3)19-12(17)16-7-8-18-10-11(16)9-14(15-4)5-6-14/h11,15H,5-10H2,1-4H3. The van der Waals surface area contributed by atoms with Gasteiger partial charge in [0.2, 0.25) is 0 Å². The van der Waals surface area contributed by atoms with Crippen LogP contribution in [0, 0.1) is 0 Å². The summed E-state index contributed by atoms with van der Waals surface area (Å²) in [6.45, 7) is 7.54. The summed E-state index contributed by atoms with van der Waals surface area (Å²) in [5, 5.41) is 3.37. The lowest BCUT2D eigenvalue weighted by Crippen LogP contribution is -2.52. The van der Waals surface area contributed by atoms with Crippen molar-refractivity contribution < 1.29 is 14.3 Å². The number of hydrogen-bond acceptors (Lipinski definition) is 4. The van der Waals surface area contributed by atoms with Gasteiger partial charge in [-0.05, 0) is 47.1 Å². The Kier molecular flexibility index (Phi) is 4.06. The maximum Gasteiger partial charge on any atom is 0.410 e. The van der Waals surface area contributed by atoms with E-state index in [1.165, 1.54) is 12.8 Å². The van der Waals surface area contributed by atoms with Crippen molar-refractivity contribution in [3.05, 3.63) is 0 Å². The van der Waals surface area contributed by atoms with Crippen molar-refractivity contribution >= 4 is 6.09 Å². The third kappa shape index (κ3) is 3.83. The highest BCUT2D eigenvalue weighted by Crippen LogP contribution is 2.40. The zero-order valence-corrected chi connectivity index (χ0v) is 12.5. The van der Waals surface area contributed by atoms with Gasteiger partial charge in [-0.3, -0.25) is 0 Å². The van der Waals surface area contributed by atoms with E-state index in [1.54, 1.807) is 0 Å². The fourth-order valence-electron chi connectivity index (χ4n) is 2.54. The van der Waals surface area contributed by atoms with E-state index >= 15 is 0 Å². The Morgan fingerprint density at radius 3 is 2.68 bits per heavy atom. The Balaban J connectivity index is 1.97. The van der Waals surface area contributed by atoms with Gasteiger partial charge in [0.15, 0.2) is 0 Å². The zero-order valence-electron chi connectivity index (χ0n) is 12.5. The fourth-order valence-corrected chi connectivity index (χ4v) is 2.54. The maximum absolute atomic E-state index is 12.2. The molecule has 1 saturated heterocycles. The number of carbonyl (C=O) groups excluding carboxylic acids is 1. The van der Waals surface area contributed by atoms with Gasteiger partial charge in [0.05, 0.1) is 19.3 Å². The molecule has 2 fully saturated rings. The summed E-state index contributed by atoms with van der Waals surface area (Å²) in [4.78, 5) is 14.1. The van der Waals surface area contributed by atoms with Crippen LogP contribution in [0.4, 0.5) is 4.79 Å². The van der Waals surface area contributed by atoms with E-state index in [2.05, 4.69) is 5.32 Å². The molecule has 0 aromatic rings. The molecule has 0 aromatic heterocycles. The van der Waals surface area contributed by atoms with Crippen molar-refractivity contribution in [1.82, 2.24) is 10.2 Å². The molecule has 19 heavy (non-hydrogen) atoms. The molecule has 0 spiro atoms. The highest BCUT2D eigenvalue weighted by molar-refractivity contribution is 5.68. The average Bonchev–Trinajstić information content (AvgIpc) is 3.08. The van der Waals surface area contributed by atoms with Gasteiger partial charge in [-0.2, -0.15) is 0 Å². The van der Waals surface area contributed by atoms with E-state index in [1.807, 2.05) is 32.7 Å². The second-order valence-electron chi connectivity index (χ2n) is 6.64. The Labute approximate surface area is 115 Å². The smallest absolute Gasteiger partial charge is 0.410 e. The molecule has 1 amide bonds. The van der Waals surface area contributed by atoms with E-state index in [0.717, 1.165) is 6.42 Å². The Morgan fingerprint density at radius 1 is 1.47 bits per heavy atom. The summed E-state index contributed by atoms with van der Waals surface area (Å²) in [6.07, 6.45) is 3.10. The van der Waals surface area contributed by atoms with Crippen LogP contribution in [0.2, 0.25) is 0 Å². The summed E-state index contributed by atoms with van der Waals surface area (Å²) in [5.74, 6) is 0. The number of hydrogen-bond donors (Lipinski definition) is 1. The van der Waals surface area contributed by atoms with Crippen LogP contribution in [0.15, 0.2) is 0 Å². The molecule has 0 radical (unpaired) electrons. The van der Waals surface area contributed by atoms with Crippen LogP contribution in [0.5, 0.6) is 0 Å².